The standard InChI is InChI=1S/C20H28N6O6/c1-22-20-23-10-7-9-12(24-19(21)26-17(9)28)8(13(10)25-20)5-6-11-15(29-2)16(30-3)14(27)18(31-4)32-11/h7,11,14-16,18,27H,5-6H2,1-4H3,(H2,22,23,25)(H3,21,24,26,28)/t11-,14-,15-,16-,18+/m1/s1. The number of nitrogens with two attached hydrogens (primary N) is 1. The van der Waals surface area contributed by atoms with Gasteiger partial charge in [-0.05, 0) is 18.9 Å². The summed E-state index contributed by atoms with van der Waals surface area (Å²) < 4.78 is 22.3. The molecule has 1 fully saturated rings. The number of aryl methyl sites for hydroxylation is 1. The molecule has 0 amide bonds. The molecule has 1 aliphatic rings. The maximum Gasteiger partial charge on any atom is 0.260 e. The van der Waals surface area contributed by atoms with E-state index in [0.29, 0.717) is 40.7 Å². The van der Waals surface area contributed by atoms with E-state index in [1.54, 1.807) is 13.1 Å². The summed E-state index contributed by atoms with van der Waals surface area (Å²) in [6.07, 6.45) is -2.55. The first-order valence-corrected chi connectivity index (χ1v) is 10.2. The number of nitrogens with zero attached hydrogens (tertiary/aromatic N) is 2. The van der Waals surface area contributed by atoms with Crippen molar-refractivity contribution in [3.8, 4) is 0 Å². The summed E-state index contributed by atoms with van der Waals surface area (Å²) in [4.78, 5) is 27.2. The minimum Gasteiger partial charge on any atom is -0.385 e. The number of fused-ring (bicyclic) bond motifs is 2. The number of nitrogen functional groups attached to an aromatic ring is 1. The highest BCUT2D eigenvalue weighted by Gasteiger charge is 2.46. The van der Waals surface area contributed by atoms with E-state index in [4.69, 9.17) is 24.7 Å². The zero-order valence-corrected chi connectivity index (χ0v) is 18.3. The second-order valence-corrected chi connectivity index (χ2v) is 7.64. The number of H-pyrrole nitrogens is 2. The number of rotatable bonds is 7. The van der Waals surface area contributed by atoms with Crippen molar-refractivity contribution in [1.82, 2.24) is 19.9 Å². The first-order chi connectivity index (χ1) is 15.4. The number of methoxy groups -OCH3 is 3. The summed E-state index contributed by atoms with van der Waals surface area (Å²) in [5.74, 6) is 0.588. The van der Waals surface area contributed by atoms with Gasteiger partial charge in [-0.1, -0.05) is 0 Å². The van der Waals surface area contributed by atoms with Crippen LogP contribution in [0.3, 0.4) is 0 Å². The van der Waals surface area contributed by atoms with E-state index < -0.39 is 30.7 Å². The Morgan fingerprint density at radius 1 is 1.16 bits per heavy atom. The van der Waals surface area contributed by atoms with Gasteiger partial charge in [0.25, 0.3) is 5.56 Å². The quantitative estimate of drug-likeness (QED) is 0.334. The van der Waals surface area contributed by atoms with Crippen LogP contribution in [0.2, 0.25) is 0 Å². The van der Waals surface area contributed by atoms with Crippen molar-refractivity contribution in [2.75, 3.05) is 39.4 Å². The van der Waals surface area contributed by atoms with Gasteiger partial charge in [0, 0.05) is 33.9 Å². The number of hydrogen-bond acceptors (Lipinski definition) is 10. The highest BCUT2D eigenvalue weighted by molar-refractivity contribution is 5.98. The van der Waals surface area contributed by atoms with E-state index in [2.05, 4.69) is 25.3 Å². The fourth-order valence-corrected chi connectivity index (χ4v) is 4.36. The Kier molecular flexibility index (Phi) is 6.31. The number of imidazole rings is 1. The Balaban J connectivity index is 1.75. The second kappa shape index (κ2) is 9.00. The Labute approximate surface area is 183 Å². The highest BCUT2D eigenvalue weighted by Crippen LogP contribution is 2.31. The molecule has 1 aliphatic heterocycles. The average Bonchev–Trinajstić information content (AvgIpc) is 3.20. The number of ether oxygens (including phenoxy) is 4. The highest BCUT2D eigenvalue weighted by atomic mass is 16.7. The lowest BCUT2D eigenvalue weighted by atomic mass is 9.93. The molecule has 0 radical (unpaired) electrons. The van der Waals surface area contributed by atoms with Gasteiger partial charge in [-0.15, -0.1) is 0 Å². The van der Waals surface area contributed by atoms with Crippen molar-refractivity contribution in [2.45, 2.75) is 43.5 Å². The first kappa shape index (κ1) is 22.4. The molecule has 32 heavy (non-hydrogen) atoms. The minimum absolute atomic E-state index is 0.0261. The van der Waals surface area contributed by atoms with Crippen molar-refractivity contribution in [3.05, 3.63) is 22.0 Å². The summed E-state index contributed by atoms with van der Waals surface area (Å²) in [6.45, 7) is 0. The summed E-state index contributed by atoms with van der Waals surface area (Å²) in [5.41, 5.74) is 8.09. The van der Waals surface area contributed by atoms with E-state index in [1.165, 1.54) is 21.3 Å². The first-order valence-electron chi connectivity index (χ1n) is 10.2. The van der Waals surface area contributed by atoms with Gasteiger partial charge >= 0.3 is 0 Å². The van der Waals surface area contributed by atoms with Crippen molar-refractivity contribution in [1.29, 1.82) is 0 Å². The van der Waals surface area contributed by atoms with Gasteiger partial charge in [0.2, 0.25) is 11.9 Å². The predicted molar refractivity (Wildman–Crippen MR) is 118 cm³/mol. The normalized spacial score (nSPS) is 26.1. The van der Waals surface area contributed by atoms with Gasteiger partial charge in [-0.3, -0.25) is 9.78 Å². The monoisotopic (exact) mass is 448 g/mol. The van der Waals surface area contributed by atoms with Gasteiger partial charge in [-0.25, -0.2) is 9.97 Å². The largest absolute Gasteiger partial charge is 0.385 e. The molecule has 0 unspecified atom stereocenters. The topological polar surface area (TPSA) is 170 Å². The van der Waals surface area contributed by atoms with E-state index in [-0.39, 0.29) is 11.5 Å². The van der Waals surface area contributed by atoms with Crippen molar-refractivity contribution < 1.29 is 24.1 Å². The molecule has 12 heteroatoms. The maximum absolute atomic E-state index is 12.5. The third-order valence-electron chi connectivity index (χ3n) is 5.87. The third kappa shape index (κ3) is 3.80. The smallest absolute Gasteiger partial charge is 0.260 e. The maximum atomic E-state index is 12.5. The van der Waals surface area contributed by atoms with Crippen LogP contribution in [-0.4, -0.2) is 84.1 Å². The molecule has 3 heterocycles. The Morgan fingerprint density at radius 3 is 2.56 bits per heavy atom. The molecule has 5 atom stereocenters. The summed E-state index contributed by atoms with van der Waals surface area (Å²) in [5, 5.41) is 13.8. The van der Waals surface area contributed by atoms with Gasteiger partial charge in [-0.2, -0.15) is 0 Å². The van der Waals surface area contributed by atoms with Crippen LogP contribution in [0.25, 0.3) is 21.9 Å². The summed E-state index contributed by atoms with van der Waals surface area (Å²) >= 11 is 0. The van der Waals surface area contributed by atoms with Crippen LogP contribution in [-0.2, 0) is 25.4 Å². The lowest BCUT2D eigenvalue weighted by Crippen LogP contribution is -2.59. The van der Waals surface area contributed by atoms with Gasteiger partial charge < -0.3 is 40.1 Å². The Hall–Kier alpha value is -2.77. The predicted octanol–water partition coefficient (Wildman–Crippen LogP) is 0.118. The Morgan fingerprint density at radius 2 is 1.91 bits per heavy atom. The number of aromatic amines is 2. The van der Waals surface area contributed by atoms with E-state index >= 15 is 0 Å². The molecule has 4 rings (SSSR count). The molecule has 174 valence electrons. The van der Waals surface area contributed by atoms with Gasteiger partial charge in [0.05, 0.1) is 28.0 Å². The lowest BCUT2D eigenvalue weighted by molar-refractivity contribution is -0.298. The fraction of sp³-hybridized carbons (Fsp3) is 0.550. The van der Waals surface area contributed by atoms with E-state index in [9.17, 15) is 9.90 Å². The zero-order valence-electron chi connectivity index (χ0n) is 18.3. The van der Waals surface area contributed by atoms with Gasteiger partial charge in [0.1, 0.15) is 18.3 Å². The van der Waals surface area contributed by atoms with Crippen LogP contribution >= 0.6 is 0 Å². The van der Waals surface area contributed by atoms with Crippen LogP contribution in [0, 0.1) is 0 Å². The molecule has 0 aliphatic carbocycles. The lowest BCUT2D eigenvalue weighted by Gasteiger charge is -2.43. The molecule has 0 bridgehead atoms. The second-order valence-electron chi connectivity index (χ2n) is 7.64. The minimum atomic E-state index is -1.000. The molecular weight excluding hydrogens is 420 g/mol. The van der Waals surface area contributed by atoms with Crippen LogP contribution in [0.5, 0.6) is 0 Å². The Bertz CT molecular complexity index is 1160. The third-order valence-corrected chi connectivity index (χ3v) is 5.87. The molecule has 3 aromatic rings. The van der Waals surface area contributed by atoms with Crippen molar-refractivity contribution in [2.24, 2.45) is 0 Å². The molecular formula is C20H28N6O6. The van der Waals surface area contributed by atoms with Crippen LogP contribution in [0.15, 0.2) is 10.9 Å². The fourth-order valence-electron chi connectivity index (χ4n) is 4.36. The number of anilines is 2. The molecule has 6 N–H and O–H groups in total. The van der Waals surface area contributed by atoms with Crippen LogP contribution in [0.1, 0.15) is 12.0 Å². The van der Waals surface area contributed by atoms with Crippen molar-refractivity contribution in [3.63, 3.8) is 0 Å². The molecule has 12 nitrogen and oxygen atoms in total. The van der Waals surface area contributed by atoms with Gasteiger partial charge in [0.15, 0.2) is 6.29 Å². The number of aliphatic hydroxyl groups is 1. The number of benzene rings is 1. The zero-order chi connectivity index (χ0) is 23.0. The molecule has 1 saturated heterocycles. The molecule has 2 aromatic heterocycles. The van der Waals surface area contributed by atoms with E-state index in [0.717, 1.165) is 5.56 Å². The summed E-state index contributed by atoms with van der Waals surface area (Å²) in [6, 6.07) is 1.71. The average molecular weight is 448 g/mol. The molecule has 0 saturated carbocycles. The number of aliphatic hydroxyl groups excluding tert-OH is 1. The van der Waals surface area contributed by atoms with Crippen LogP contribution < -0.4 is 16.6 Å². The number of hydrogen-bond donors (Lipinski definition) is 5. The number of nitrogens with one attached hydrogen (secondary N) is 3. The summed E-state index contributed by atoms with van der Waals surface area (Å²) in [7, 11) is 6.25. The number of aromatic nitrogens is 4. The van der Waals surface area contributed by atoms with Crippen molar-refractivity contribution >= 4 is 33.8 Å². The van der Waals surface area contributed by atoms with E-state index in [1.807, 2.05) is 0 Å². The molecule has 1 aromatic carbocycles. The van der Waals surface area contributed by atoms with Crippen LogP contribution in [0.4, 0.5) is 11.9 Å². The SMILES string of the molecule is CNc1nc2c(CC[C@H]3O[C@H](OC)[C@H](O)[C@@H](OC)[C@@H]3OC)c3nc(N)[nH]c(=O)c3cc2[nH]1. The molecule has 0 spiro atoms.